The molecule has 0 amide bonds. The summed E-state index contributed by atoms with van der Waals surface area (Å²) in [6, 6.07) is 10.0. The third-order valence-corrected chi connectivity index (χ3v) is 4.64. The fraction of sp³-hybridized carbons (Fsp3) is 0.273. The molecule has 1 N–H and O–H groups in total. The summed E-state index contributed by atoms with van der Waals surface area (Å²) < 4.78 is 49.5. The molecule has 0 saturated heterocycles. The van der Waals surface area contributed by atoms with Crippen LogP contribution in [0.15, 0.2) is 46.9 Å². The van der Waals surface area contributed by atoms with E-state index >= 15 is 0 Å². The molecule has 0 aliphatic rings. The molecule has 2 aromatic carbocycles. The first-order valence-electron chi connectivity index (χ1n) is 9.21. The van der Waals surface area contributed by atoms with Crippen molar-refractivity contribution in [1.82, 2.24) is 4.98 Å². The van der Waals surface area contributed by atoms with E-state index in [-0.39, 0.29) is 18.9 Å². The number of oxazole rings is 1. The third kappa shape index (κ3) is 5.20. The van der Waals surface area contributed by atoms with E-state index in [0.717, 1.165) is 23.3 Å². The maximum absolute atomic E-state index is 12.7. The molecule has 0 unspecified atom stereocenters. The van der Waals surface area contributed by atoms with Gasteiger partial charge < -0.3 is 14.3 Å². The molecule has 1 heterocycles. The largest absolute Gasteiger partial charge is 0.486 e. The molecule has 3 aromatic rings. The standard InChI is InChI=1S/C22H20F3NO4/c1-13-11-18(9-5-15(13)6-10-20(27)28)29-12-19-14(2)26-21(30-19)16-3-7-17(8-4-16)22(23,24)25/h3-5,7-9,11H,6,10,12H2,1-2H3,(H,27,28). The first kappa shape index (κ1) is 21.4. The number of aryl methyl sites for hydroxylation is 3. The van der Waals surface area contributed by atoms with Crippen molar-refractivity contribution in [3.05, 3.63) is 70.6 Å². The molecule has 0 saturated carbocycles. The average molecular weight is 419 g/mol. The molecule has 5 nitrogen and oxygen atoms in total. The fourth-order valence-electron chi connectivity index (χ4n) is 2.92. The Kier molecular flexibility index (Phi) is 6.14. The van der Waals surface area contributed by atoms with Crippen LogP contribution in [-0.2, 0) is 24.0 Å². The van der Waals surface area contributed by atoms with Gasteiger partial charge in [0, 0.05) is 12.0 Å². The summed E-state index contributed by atoms with van der Waals surface area (Å²) in [5, 5.41) is 8.80. The zero-order valence-corrected chi connectivity index (χ0v) is 16.4. The lowest BCUT2D eigenvalue weighted by molar-refractivity contribution is -0.138. The van der Waals surface area contributed by atoms with Crippen molar-refractivity contribution in [1.29, 1.82) is 0 Å². The molecule has 0 atom stereocenters. The lowest BCUT2D eigenvalue weighted by Crippen LogP contribution is -2.03. The van der Waals surface area contributed by atoms with Gasteiger partial charge in [-0.05, 0) is 67.8 Å². The van der Waals surface area contributed by atoms with Gasteiger partial charge in [0.15, 0.2) is 5.76 Å². The van der Waals surface area contributed by atoms with Crippen molar-refractivity contribution < 1.29 is 32.2 Å². The van der Waals surface area contributed by atoms with Gasteiger partial charge in [-0.25, -0.2) is 4.98 Å². The first-order valence-corrected chi connectivity index (χ1v) is 9.21. The number of hydrogen-bond donors (Lipinski definition) is 1. The number of ether oxygens (including phenoxy) is 1. The monoisotopic (exact) mass is 419 g/mol. The van der Waals surface area contributed by atoms with Gasteiger partial charge in [0.05, 0.1) is 11.3 Å². The molecule has 1 aromatic heterocycles. The lowest BCUT2D eigenvalue weighted by atomic mass is 10.0. The summed E-state index contributed by atoms with van der Waals surface area (Å²) in [6.07, 6.45) is -3.89. The Bertz CT molecular complexity index is 1040. The number of nitrogens with zero attached hydrogens (tertiary/aromatic N) is 1. The van der Waals surface area contributed by atoms with Crippen molar-refractivity contribution in [3.63, 3.8) is 0 Å². The minimum Gasteiger partial charge on any atom is -0.486 e. The number of aliphatic carboxylic acids is 1. The Balaban J connectivity index is 1.68. The molecular formula is C22H20F3NO4. The number of carboxylic acids is 1. The van der Waals surface area contributed by atoms with Gasteiger partial charge in [-0.3, -0.25) is 4.79 Å². The number of aromatic nitrogens is 1. The third-order valence-electron chi connectivity index (χ3n) is 4.64. The summed E-state index contributed by atoms with van der Waals surface area (Å²) in [4.78, 5) is 15.0. The second kappa shape index (κ2) is 8.61. The molecule has 3 rings (SSSR count). The first-order chi connectivity index (χ1) is 14.1. The van der Waals surface area contributed by atoms with E-state index < -0.39 is 17.7 Å². The van der Waals surface area contributed by atoms with Crippen molar-refractivity contribution in [2.24, 2.45) is 0 Å². The second-order valence-corrected chi connectivity index (χ2v) is 6.87. The Hall–Kier alpha value is -3.29. The maximum atomic E-state index is 12.7. The van der Waals surface area contributed by atoms with E-state index in [2.05, 4.69) is 4.98 Å². The number of rotatable bonds is 7. The molecule has 158 valence electrons. The fourth-order valence-corrected chi connectivity index (χ4v) is 2.92. The maximum Gasteiger partial charge on any atom is 0.416 e. The van der Waals surface area contributed by atoms with Crippen LogP contribution in [0.4, 0.5) is 13.2 Å². The molecular weight excluding hydrogens is 399 g/mol. The summed E-state index contributed by atoms with van der Waals surface area (Å²) in [6.45, 7) is 3.72. The van der Waals surface area contributed by atoms with Crippen LogP contribution in [0.3, 0.4) is 0 Å². The van der Waals surface area contributed by atoms with Crippen LogP contribution in [0.1, 0.15) is 34.6 Å². The van der Waals surface area contributed by atoms with Gasteiger partial charge >= 0.3 is 12.1 Å². The van der Waals surface area contributed by atoms with Crippen molar-refractivity contribution in [3.8, 4) is 17.2 Å². The molecule has 8 heteroatoms. The smallest absolute Gasteiger partial charge is 0.416 e. The van der Waals surface area contributed by atoms with E-state index in [4.69, 9.17) is 14.3 Å². The molecule has 0 radical (unpaired) electrons. The SMILES string of the molecule is Cc1cc(OCc2oc(-c3ccc(C(F)(F)F)cc3)nc2C)ccc1CCC(=O)O. The van der Waals surface area contributed by atoms with Crippen LogP contribution in [0.25, 0.3) is 11.5 Å². The van der Waals surface area contributed by atoms with Gasteiger partial charge in [-0.1, -0.05) is 6.07 Å². The zero-order chi connectivity index (χ0) is 21.9. The van der Waals surface area contributed by atoms with Gasteiger partial charge in [0.2, 0.25) is 5.89 Å². The van der Waals surface area contributed by atoms with Gasteiger partial charge in [-0.2, -0.15) is 13.2 Å². The molecule has 0 aliphatic carbocycles. The van der Waals surface area contributed by atoms with Crippen LogP contribution in [0.2, 0.25) is 0 Å². The molecule has 0 bridgehead atoms. The Labute approximate surface area is 171 Å². The number of hydrogen-bond acceptors (Lipinski definition) is 4. The van der Waals surface area contributed by atoms with Crippen LogP contribution in [-0.4, -0.2) is 16.1 Å². The number of alkyl halides is 3. The van der Waals surface area contributed by atoms with Gasteiger partial charge in [0.1, 0.15) is 12.4 Å². The van der Waals surface area contributed by atoms with E-state index in [1.54, 1.807) is 13.0 Å². The highest BCUT2D eigenvalue weighted by atomic mass is 19.4. The van der Waals surface area contributed by atoms with Crippen LogP contribution in [0.5, 0.6) is 5.75 Å². The predicted octanol–water partition coefficient (Wildman–Crippen LogP) is 5.57. The summed E-state index contributed by atoms with van der Waals surface area (Å²) in [5.41, 5.74) is 2.15. The number of halogens is 3. The topological polar surface area (TPSA) is 72.6 Å². The summed E-state index contributed by atoms with van der Waals surface area (Å²) >= 11 is 0. The molecule has 30 heavy (non-hydrogen) atoms. The number of benzene rings is 2. The van der Waals surface area contributed by atoms with E-state index in [1.807, 2.05) is 19.1 Å². The quantitative estimate of drug-likeness (QED) is 0.542. The van der Waals surface area contributed by atoms with E-state index in [1.165, 1.54) is 12.1 Å². The number of carboxylic acid groups (broad SMARTS) is 1. The summed E-state index contributed by atoms with van der Waals surface area (Å²) in [7, 11) is 0. The van der Waals surface area contributed by atoms with Crippen molar-refractivity contribution >= 4 is 5.97 Å². The molecule has 0 fully saturated rings. The Morgan fingerprint density at radius 2 is 1.83 bits per heavy atom. The second-order valence-electron chi connectivity index (χ2n) is 6.87. The highest BCUT2D eigenvalue weighted by Crippen LogP contribution is 2.31. The Morgan fingerprint density at radius 3 is 2.43 bits per heavy atom. The minimum atomic E-state index is -4.40. The molecule has 0 spiro atoms. The zero-order valence-electron chi connectivity index (χ0n) is 16.4. The Morgan fingerprint density at radius 1 is 1.13 bits per heavy atom. The van der Waals surface area contributed by atoms with E-state index in [0.29, 0.717) is 29.2 Å². The molecule has 0 aliphatic heterocycles. The average Bonchev–Trinajstić information content (AvgIpc) is 3.05. The van der Waals surface area contributed by atoms with Crippen molar-refractivity contribution in [2.75, 3.05) is 0 Å². The summed E-state index contributed by atoms with van der Waals surface area (Å²) in [5.74, 6) is 0.440. The van der Waals surface area contributed by atoms with Crippen molar-refractivity contribution in [2.45, 2.75) is 39.5 Å². The van der Waals surface area contributed by atoms with Crippen LogP contribution >= 0.6 is 0 Å². The van der Waals surface area contributed by atoms with Gasteiger partial charge in [-0.15, -0.1) is 0 Å². The minimum absolute atomic E-state index is 0.0605. The van der Waals surface area contributed by atoms with Gasteiger partial charge in [0.25, 0.3) is 0 Å². The highest BCUT2D eigenvalue weighted by Gasteiger charge is 2.30. The lowest BCUT2D eigenvalue weighted by Gasteiger charge is -2.09. The predicted molar refractivity (Wildman–Crippen MR) is 103 cm³/mol. The van der Waals surface area contributed by atoms with Crippen LogP contribution in [0, 0.1) is 13.8 Å². The normalized spacial score (nSPS) is 11.5. The highest BCUT2D eigenvalue weighted by molar-refractivity contribution is 5.67. The number of carbonyl (C=O) groups is 1. The van der Waals surface area contributed by atoms with Crippen LogP contribution < -0.4 is 4.74 Å². The van der Waals surface area contributed by atoms with E-state index in [9.17, 15) is 18.0 Å².